The van der Waals surface area contributed by atoms with E-state index in [4.69, 9.17) is 11.6 Å². The third-order valence-corrected chi connectivity index (χ3v) is 5.67. The predicted molar refractivity (Wildman–Crippen MR) is 113 cm³/mol. The summed E-state index contributed by atoms with van der Waals surface area (Å²) >= 11 is 5.92. The minimum Gasteiger partial charge on any atom is -0.339 e. The molecule has 10 heteroatoms. The highest BCUT2D eigenvalue weighted by Gasteiger charge is 2.34. The van der Waals surface area contributed by atoms with Crippen molar-refractivity contribution in [2.75, 3.05) is 37.6 Å². The molecule has 1 aromatic carbocycles. The molecular weight excluding hydrogens is 408 g/mol. The highest BCUT2D eigenvalue weighted by Crippen LogP contribution is 2.24. The van der Waals surface area contributed by atoms with E-state index in [1.54, 1.807) is 29.2 Å². The first kappa shape index (κ1) is 20.6. The van der Waals surface area contributed by atoms with Gasteiger partial charge in [-0.25, -0.2) is 14.3 Å². The van der Waals surface area contributed by atoms with Gasteiger partial charge >= 0.3 is 11.7 Å². The number of carbonyl (C=O) groups excluding carboxylic acids is 2. The molecule has 4 rings (SSSR count). The molecule has 3 heterocycles. The molecule has 0 bridgehead atoms. The Morgan fingerprint density at radius 1 is 1.10 bits per heavy atom. The molecule has 1 saturated heterocycles. The van der Waals surface area contributed by atoms with Crippen LogP contribution in [0.25, 0.3) is 0 Å². The van der Waals surface area contributed by atoms with E-state index in [-0.39, 0.29) is 19.0 Å². The smallest absolute Gasteiger partial charge is 0.339 e. The van der Waals surface area contributed by atoms with Gasteiger partial charge in [0.15, 0.2) is 5.82 Å². The molecule has 2 aromatic rings. The normalized spacial score (nSPS) is 17.1. The Labute approximate surface area is 179 Å². The molecule has 0 aliphatic carbocycles. The minimum absolute atomic E-state index is 0.171. The molecule has 9 nitrogen and oxygen atoms in total. The first-order valence-corrected chi connectivity index (χ1v) is 10.5. The van der Waals surface area contributed by atoms with Crippen LogP contribution in [-0.4, -0.2) is 68.8 Å². The fourth-order valence-electron chi connectivity index (χ4n) is 3.97. The highest BCUT2D eigenvalue weighted by atomic mass is 35.5. The molecule has 0 saturated carbocycles. The number of carbonyl (C=O) groups is 2. The van der Waals surface area contributed by atoms with Crippen LogP contribution < -0.4 is 10.6 Å². The largest absolute Gasteiger partial charge is 0.365 e. The summed E-state index contributed by atoms with van der Waals surface area (Å²) in [5.74, 6) is 0.728. The van der Waals surface area contributed by atoms with Crippen LogP contribution in [0.5, 0.6) is 0 Å². The van der Waals surface area contributed by atoms with Crippen molar-refractivity contribution < 1.29 is 9.59 Å². The van der Waals surface area contributed by atoms with Gasteiger partial charge in [0, 0.05) is 43.4 Å². The average Bonchev–Trinajstić information content (AvgIpc) is 3.18. The number of amides is 2. The maximum atomic E-state index is 12.9. The van der Waals surface area contributed by atoms with Gasteiger partial charge in [-0.2, -0.15) is 9.67 Å². The van der Waals surface area contributed by atoms with Crippen molar-refractivity contribution in [2.45, 2.75) is 26.9 Å². The standard InChI is InChI=1S/C20H25ClN6O3/c1-14(2)11-23-7-9-24(10-8-23)18(28)13-26-19(29)22-17-12-25(20(30)27(17)26)16-5-3-15(21)4-6-16/h3-6,14H,7-13H2,1-2H3. The Balaban J connectivity index is 1.46. The van der Waals surface area contributed by atoms with Crippen molar-refractivity contribution in [3.63, 3.8) is 0 Å². The Bertz CT molecular complexity index is 1000. The van der Waals surface area contributed by atoms with E-state index in [0.29, 0.717) is 35.5 Å². The second kappa shape index (κ2) is 8.23. The number of rotatable bonds is 5. The van der Waals surface area contributed by atoms with Crippen molar-refractivity contribution in [3.8, 4) is 0 Å². The zero-order valence-corrected chi connectivity index (χ0v) is 17.9. The summed E-state index contributed by atoms with van der Waals surface area (Å²) < 4.78 is 2.35. The summed E-state index contributed by atoms with van der Waals surface area (Å²) in [6.07, 6.45) is 0. The molecule has 2 aliphatic heterocycles. The summed E-state index contributed by atoms with van der Waals surface area (Å²) in [4.78, 5) is 47.7. The molecule has 2 aliphatic rings. The molecule has 0 atom stereocenters. The molecule has 2 amide bonds. The molecular formula is C20H25ClN6O3. The van der Waals surface area contributed by atoms with Gasteiger partial charge in [-0.15, -0.1) is 0 Å². The first-order valence-electron chi connectivity index (χ1n) is 10.1. The zero-order chi connectivity index (χ0) is 21.4. The quantitative estimate of drug-likeness (QED) is 0.714. The molecule has 0 spiro atoms. The number of benzene rings is 1. The second-order valence-electron chi connectivity index (χ2n) is 8.10. The predicted octanol–water partition coefficient (Wildman–Crippen LogP) is 1.49. The first-order chi connectivity index (χ1) is 14.3. The molecule has 160 valence electrons. The summed E-state index contributed by atoms with van der Waals surface area (Å²) in [7, 11) is 0. The number of hydrogen-bond acceptors (Lipinski definition) is 5. The average molecular weight is 433 g/mol. The van der Waals surface area contributed by atoms with Gasteiger partial charge in [0.1, 0.15) is 6.54 Å². The summed E-state index contributed by atoms with van der Waals surface area (Å²) in [6.45, 7) is 8.19. The number of piperazine rings is 1. The fourth-order valence-corrected chi connectivity index (χ4v) is 4.09. The number of halogens is 1. The molecule has 1 aromatic heterocycles. The van der Waals surface area contributed by atoms with Gasteiger partial charge < -0.3 is 4.90 Å². The SMILES string of the molecule is CC(C)CN1CCN(C(=O)Cn2c(=O)nc3n2C(=O)N(c2ccc(Cl)cc2)C3)CC1. The van der Waals surface area contributed by atoms with Gasteiger partial charge in [0.05, 0.1) is 6.54 Å². The van der Waals surface area contributed by atoms with E-state index < -0.39 is 11.7 Å². The van der Waals surface area contributed by atoms with Gasteiger partial charge in [-0.05, 0) is 30.2 Å². The lowest BCUT2D eigenvalue weighted by Gasteiger charge is -2.35. The number of fused-ring (bicyclic) bond motifs is 1. The van der Waals surface area contributed by atoms with Gasteiger partial charge in [-0.3, -0.25) is 14.6 Å². The summed E-state index contributed by atoms with van der Waals surface area (Å²) in [5.41, 5.74) is 0.0717. The second-order valence-corrected chi connectivity index (χ2v) is 8.54. The van der Waals surface area contributed by atoms with Crippen LogP contribution in [0.15, 0.2) is 29.1 Å². The molecule has 30 heavy (non-hydrogen) atoms. The number of aromatic nitrogens is 3. The monoisotopic (exact) mass is 432 g/mol. The van der Waals surface area contributed by atoms with Crippen molar-refractivity contribution in [1.82, 2.24) is 24.1 Å². The van der Waals surface area contributed by atoms with Crippen LogP contribution in [0, 0.1) is 5.92 Å². The van der Waals surface area contributed by atoms with Crippen molar-refractivity contribution >= 4 is 29.2 Å². The van der Waals surface area contributed by atoms with E-state index in [1.807, 2.05) is 0 Å². The van der Waals surface area contributed by atoms with Crippen LogP contribution in [0.2, 0.25) is 5.02 Å². The molecule has 1 fully saturated rings. The molecule has 0 unspecified atom stereocenters. The summed E-state index contributed by atoms with van der Waals surface area (Å²) in [5, 5.41) is 0.569. The van der Waals surface area contributed by atoms with E-state index in [9.17, 15) is 14.4 Å². The van der Waals surface area contributed by atoms with Crippen molar-refractivity contribution in [3.05, 3.63) is 45.6 Å². The zero-order valence-electron chi connectivity index (χ0n) is 17.1. The third-order valence-electron chi connectivity index (χ3n) is 5.41. The maximum Gasteiger partial charge on any atom is 0.365 e. The van der Waals surface area contributed by atoms with Gasteiger partial charge in [0.2, 0.25) is 5.91 Å². The highest BCUT2D eigenvalue weighted by molar-refractivity contribution is 6.30. The van der Waals surface area contributed by atoms with Crippen LogP contribution in [0.3, 0.4) is 0 Å². The topological polar surface area (TPSA) is 83.7 Å². The fraction of sp³-hybridized carbons (Fsp3) is 0.500. The van der Waals surface area contributed by atoms with Crippen LogP contribution in [-0.2, 0) is 17.9 Å². The Morgan fingerprint density at radius 3 is 2.40 bits per heavy atom. The Hall–Kier alpha value is -2.65. The van der Waals surface area contributed by atoms with Crippen LogP contribution >= 0.6 is 11.6 Å². The van der Waals surface area contributed by atoms with Gasteiger partial charge in [0.25, 0.3) is 0 Å². The summed E-state index contributed by atoms with van der Waals surface area (Å²) in [6, 6.07) is 6.45. The third kappa shape index (κ3) is 3.99. The van der Waals surface area contributed by atoms with E-state index in [2.05, 4.69) is 23.7 Å². The van der Waals surface area contributed by atoms with E-state index in [1.165, 1.54) is 9.58 Å². The van der Waals surface area contributed by atoms with E-state index in [0.717, 1.165) is 24.3 Å². The Morgan fingerprint density at radius 2 is 1.77 bits per heavy atom. The molecule has 0 radical (unpaired) electrons. The van der Waals surface area contributed by atoms with E-state index >= 15 is 0 Å². The number of nitrogens with zero attached hydrogens (tertiary/aromatic N) is 6. The lowest BCUT2D eigenvalue weighted by atomic mass is 10.2. The molecule has 0 N–H and O–H groups in total. The minimum atomic E-state index is -0.583. The maximum absolute atomic E-state index is 12.9. The van der Waals surface area contributed by atoms with Crippen LogP contribution in [0.1, 0.15) is 19.7 Å². The number of anilines is 1. The van der Waals surface area contributed by atoms with Crippen molar-refractivity contribution in [2.24, 2.45) is 5.92 Å². The Kier molecular flexibility index (Phi) is 5.66. The van der Waals surface area contributed by atoms with Crippen molar-refractivity contribution in [1.29, 1.82) is 0 Å². The lowest BCUT2D eigenvalue weighted by molar-refractivity contribution is -0.134. The van der Waals surface area contributed by atoms with Crippen LogP contribution in [0.4, 0.5) is 10.5 Å². The van der Waals surface area contributed by atoms with Gasteiger partial charge in [-0.1, -0.05) is 25.4 Å². The number of hydrogen-bond donors (Lipinski definition) is 0. The lowest BCUT2D eigenvalue weighted by Crippen LogP contribution is -2.51.